The number of rotatable bonds is 5. The largest absolute Gasteiger partial charge is 0.309 e. The van der Waals surface area contributed by atoms with Crippen LogP contribution in [0.25, 0.3) is 20.2 Å². The normalized spacial score (nSPS) is 10.5. The van der Waals surface area contributed by atoms with Crippen molar-refractivity contribution >= 4 is 99.0 Å². The molecule has 0 amide bonds. The van der Waals surface area contributed by atoms with E-state index >= 15 is 0 Å². The van der Waals surface area contributed by atoms with E-state index < -0.39 is 0 Å². The first kappa shape index (κ1) is 33.0. The third-order valence-corrected chi connectivity index (χ3v) is 10.7. The molecule has 0 unspecified atom stereocenters. The van der Waals surface area contributed by atoms with Crippen molar-refractivity contribution in [3.8, 4) is 0 Å². The number of para-hydroxylation sites is 1. The second kappa shape index (κ2) is 16.3. The molecule has 0 saturated carbocycles. The number of anilines is 3. The number of benzene rings is 6. The van der Waals surface area contributed by atoms with E-state index in [1.165, 1.54) is 41.5 Å². The van der Waals surface area contributed by atoms with Gasteiger partial charge in [-0.3, -0.25) is 0 Å². The van der Waals surface area contributed by atoms with Crippen LogP contribution < -0.4 is 4.90 Å². The van der Waals surface area contributed by atoms with Gasteiger partial charge in [0.05, 0.1) is 5.69 Å². The topological polar surface area (TPSA) is 3.24 Å². The van der Waals surface area contributed by atoms with Gasteiger partial charge in [0, 0.05) is 56.8 Å². The molecule has 0 radical (unpaired) electrons. The van der Waals surface area contributed by atoms with Crippen LogP contribution in [0, 0.1) is 0 Å². The minimum atomic E-state index is 0.739. The Balaban J connectivity index is 0.000000136. The van der Waals surface area contributed by atoms with Crippen LogP contribution in [-0.4, -0.2) is 0 Å². The highest BCUT2D eigenvalue weighted by atomic mass is 79.9. The summed E-state index contributed by atoms with van der Waals surface area (Å²) >= 11 is 19.1. The average Bonchev–Trinajstić information content (AvgIpc) is 3.70. The molecular formula is C41H30BrCl2NS2. The van der Waals surface area contributed by atoms with Gasteiger partial charge < -0.3 is 4.90 Å². The Morgan fingerprint density at radius 3 is 1.70 bits per heavy atom. The Morgan fingerprint density at radius 2 is 1.02 bits per heavy atom. The van der Waals surface area contributed by atoms with Crippen LogP contribution in [0.15, 0.2) is 173 Å². The molecule has 0 aliphatic carbocycles. The maximum atomic E-state index is 6.23. The smallest absolute Gasteiger partial charge is 0.0647 e. The maximum Gasteiger partial charge on any atom is 0.0647 e. The van der Waals surface area contributed by atoms with E-state index in [0.29, 0.717) is 0 Å². The van der Waals surface area contributed by atoms with Crippen molar-refractivity contribution in [2.45, 2.75) is 6.42 Å². The van der Waals surface area contributed by atoms with E-state index in [0.717, 1.165) is 27.8 Å². The van der Waals surface area contributed by atoms with Gasteiger partial charge in [-0.2, -0.15) is 0 Å². The fourth-order valence-corrected chi connectivity index (χ4v) is 8.08. The van der Waals surface area contributed by atoms with E-state index in [-0.39, 0.29) is 0 Å². The molecule has 6 heteroatoms. The third-order valence-electron chi connectivity index (χ3n) is 7.36. The van der Waals surface area contributed by atoms with Gasteiger partial charge in [0.15, 0.2) is 0 Å². The van der Waals surface area contributed by atoms with Crippen molar-refractivity contribution < 1.29 is 0 Å². The molecule has 8 rings (SSSR count). The summed E-state index contributed by atoms with van der Waals surface area (Å²) in [5, 5.41) is 8.43. The molecule has 0 aliphatic heterocycles. The van der Waals surface area contributed by atoms with Gasteiger partial charge in [-0.25, -0.2) is 0 Å². The molecule has 6 aromatic carbocycles. The van der Waals surface area contributed by atoms with E-state index in [2.05, 4.69) is 141 Å². The second-order valence-corrected chi connectivity index (χ2v) is 14.2. The lowest BCUT2D eigenvalue weighted by atomic mass is 10.1. The molecule has 2 aromatic heterocycles. The molecule has 0 fully saturated rings. The van der Waals surface area contributed by atoms with Gasteiger partial charge in [0.1, 0.15) is 0 Å². The summed E-state index contributed by atoms with van der Waals surface area (Å²) in [5.74, 6) is 0. The zero-order chi connectivity index (χ0) is 32.4. The fraction of sp³-hybridized carbons (Fsp3) is 0.0244. The number of hydrogen-bond donors (Lipinski definition) is 0. The molecule has 2 heterocycles. The van der Waals surface area contributed by atoms with Gasteiger partial charge in [-0.1, -0.05) is 126 Å². The van der Waals surface area contributed by atoms with E-state index in [1.807, 2.05) is 48.5 Å². The number of fused-ring (bicyclic) bond motifs is 2. The lowest BCUT2D eigenvalue weighted by Crippen LogP contribution is -2.09. The number of nitrogens with zero attached hydrogens (tertiary/aromatic N) is 1. The van der Waals surface area contributed by atoms with E-state index in [9.17, 15) is 0 Å². The summed E-state index contributed by atoms with van der Waals surface area (Å²) in [6.07, 6.45) is 0.946. The van der Waals surface area contributed by atoms with Crippen LogP contribution >= 0.6 is 61.8 Å². The monoisotopic (exact) mass is 749 g/mol. The highest BCUT2D eigenvalue weighted by molar-refractivity contribution is 9.10. The Morgan fingerprint density at radius 1 is 0.489 bits per heavy atom. The van der Waals surface area contributed by atoms with Crippen LogP contribution in [0.5, 0.6) is 0 Å². The summed E-state index contributed by atoms with van der Waals surface area (Å²) in [6.45, 7) is 0. The Kier molecular flexibility index (Phi) is 11.4. The summed E-state index contributed by atoms with van der Waals surface area (Å²) in [7, 11) is 0. The molecule has 0 bridgehead atoms. The maximum absolute atomic E-state index is 6.23. The molecule has 0 atom stereocenters. The Bertz CT molecular complexity index is 2180. The first-order chi connectivity index (χ1) is 23.0. The molecule has 1 nitrogen and oxygen atoms in total. The lowest BCUT2D eigenvalue weighted by molar-refractivity contribution is 1.19. The summed E-state index contributed by atoms with van der Waals surface area (Å²) in [4.78, 5) is 2.25. The van der Waals surface area contributed by atoms with E-state index in [1.54, 1.807) is 22.7 Å². The number of thiophene rings is 2. The third kappa shape index (κ3) is 8.72. The van der Waals surface area contributed by atoms with Crippen molar-refractivity contribution in [3.63, 3.8) is 0 Å². The average molecular weight is 752 g/mol. The van der Waals surface area contributed by atoms with Crippen LogP contribution in [0.1, 0.15) is 11.1 Å². The minimum Gasteiger partial charge on any atom is -0.309 e. The molecule has 0 N–H and O–H groups in total. The van der Waals surface area contributed by atoms with E-state index in [4.69, 9.17) is 23.2 Å². The molecule has 232 valence electrons. The second-order valence-electron chi connectivity index (χ2n) is 10.6. The molecule has 0 saturated heterocycles. The minimum absolute atomic E-state index is 0.739. The molecule has 8 aromatic rings. The molecule has 0 aliphatic rings. The van der Waals surface area contributed by atoms with Crippen LogP contribution in [0.4, 0.5) is 17.1 Å². The van der Waals surface area contributed by atoms with Gasteiger partial charge in [-0.15, -0.1) is 22.7 Å². The SMILES string of the molecule is Brc1csc2ccccc12.Clc1cccc(Cc2ccccc2)c1.Clc1cccc(N(c2ccccc2)c2csc3ccccc23)c1. The predicted molar refractivity (Wildman–Crippen MR) is 212 cm³/mol. The van der Waals surface area contributed by atoms with Crippen molar-refractivity contribution in [1.29, 1.82) is 0 Å². The van der Waals surface area contributed by atoms with Crippen molar-refractivity contribution in [2.75, 3.05) is 4.90 Å². The standard InChI is InChI=1S/C20H14ClNS.C13H11Cl.C8H5BrS/c21-15-7-6-10-17(13-15)22(16-8-2-1-3-9-16)19-14-23-20-12-5-4-11-18(19)20;14-13-8-4-7-12(10-13)9-11-5-2-1-3-6-11;9-7-5-10-8-4-2-1-3-6(7)8/h1-14H;1-8,10H,9H2;1-5H. The van der Waals surface area contributed by atoms with Crippen molar-refractivity contribution in [1.82, 2.24) is 0 Å². The zero-order valence-electron chi connectivity index (χ0n) is 25.3. The Hall–Kier alpha value is -3.90. The lowest BCUT2D eigenvalue weighted by Gasteiger charge is -2.25. The van der Waals surface area contributed by atoms with Gasteiger partial charge in [0.2, 0.25) is 0 Å². The zero-order valence-corrected chi connectivity index (χ0v) is 30.0. The predicted octanol–water partition coefficient (Wildman–Crippen LogP) is 14.6. The first-order valence-electron chi connectivity index (χ1n) is 15.0. The fourth-order valence-electron chi connectivity index (χ4n) is 5.18. The quantitative estimate of drug-likeness (QED) is 0.169. The number of hydrogen-bond acceptors (Lipinski definition) is 3. The van der Waals surface area contributed by atoms with Crippen molar-refractivity contribution in [2.24, 2.45) is 0 Å². The Labute approximate surface area is 302 Å². The van der Waals surface area contributed by atoms with Crippen molar-refractivity contribution in [3.05, 3.63) is 194 Å². The summed E-state index contributed by atoms with van der Waals surface area (Å²) in [5.41, 5.74) is 5.93. The first-order valence-corrected chi connectivity index (χ1v) is 18.3. The highest BCUT2D eigenvalue weighted by Gasteiger charge is 2.16. The van der Waals surface area contributed by atoms with Gasteiger partial charge in [0.25, 0.3) is 0 Å². The molecular weight excluding hydrogens is 721 g/mol. The van der Waals surface area contributed by atoms with Gasteiger partial charge >= 0.3 is 0 Å². The summed E-state index contributed by atoms with van der Waals surface area (Å²) < 4.78 is 3.83. The highest BCUT2D eigenvalue weighted by Crippen LogP contribution is 2.42. The number of halogens is 3. The van der Waals surface area contributed by atoms with Crippen LogP contribution in [0.3, 0.4) is 0 Å². The molecule has 47 heavy (non-hydrogen) atoms. The van der Waals surface area contributed by atoms with Crippen LogP contribution in [-0.2, 0) is 6.42 Å². The molecule has 0 spiro atoms. The summed E-state index contributed by atoms with van der Waals surface area (Å²) in [6, 6.07) is 53.6. The van der Waals surface area contributed by atoms with Gasteiger partial charge in [-0.05, 0) is 88.1 Å². The van der Waals surface area contributed by atoms with Crippen LogP contribution in [0.2, 0.25) is 10.0 Å².